The smallest absolute Gasteiger partial charge is 0.318 e. The van der Waals surface area contributed by atoms with Gasteiger partial charge >= 0.3 is 12.0 Å². The summed E-state index contributed by atoms with van der Waals surface area (Å²) in [6.07, 6.45) is 2.87. The molecule has 1 aliphatic rings. The fraction of sp³-hybridized carbons (Fsp3) is 0.389. The highest BCUT2D eigenvalue weighted by molar-refractivity contribution is 9.10. The number of carbonyl (C=O) groups excluding carboxylic acids is 2. The van der Waals surface area contributed by atoms with E-state index in [4.69, 9.17) is 0 Å². The van der Waals surface area contributed by atoms with Crippen LogP contribution < -0.4 is 5.32 Å². The number of nitrogens with one attached hydrogen (secondary N) is 2. The third kappa shape index (κ3) is 4.29. The lowest BCUT2D eigenvalue weighted by atomic mass is 9.95. The van der Waals surface area contributed by atoms with E-state index >= 15 is 0 Å². The van der Waals surface area contributed by atoms with E-state index in [1.54, 1.807) is 23.4 Å². The van der Waals surface area contributed by atoms with Gasteiger partial charge in [-0.05, 0) is 18.6 Å². The second kappa shape index (κ2) is 8.51. The zero-order chi connectivity index (χ0) is 19.4. The summed E-state index contributed by atoms with van der Waals surface area (Å²) >= 11 is 3.26. The van der Waals surface area contributed by atoms with Gasteiger partial charge in [0.1, 0.15) is 11.9 Å². The van der Waals surface area contributed by atoms with Crippen LogP contribution in [0, 0.1) is 5.82 Å². The molecule has 1 unspecified atom stereocenters. The van der Waals surface area contributed by atoms with E-state index in [1.807, 2.05) is 0 Å². The number of urea groups is 1. The van der Waals surface area contributed by atoms with Gasteiger partial charge in [-0.3, -0.25) is 4.79 Å². The number of rotatable bonds is 5. The van der Waals surface area contributed by atoms with E-state index in [9.17, 15) is 14.0 Å². The Morgan fingerprint density at radius 2 is 2.30 bits per heavy atom. The number of fused-ring (bicyclic) bond motifs is 1. The number of hydrogen-bond donors (Lipinski definition) is 2. The first-order chi connectivity index (χ1) is 13.0. The number of esters is 1. The summed E-state index contributed by atoms with van der Waals surface area (Å²) in [4.78, 5) is 32.9. The Balaban J connectivity index is 1.79. The number of imidazole rings is 1. The molecule has 0 aliphatic carbocycles. The summed E-state index contributed by atoms with van der Waals surface area (Å²) in [5.41, 5.74) is 1.93. The lowest BCUT2D eigenvalue weighted by molar-refractivity contribution is -0.140. The van der Waals surface area contributed by atoms with Gasteiger partial charge in [0.05, 0.1) is 19.1 Å². The molecule has 3 rings (SSSR count). The zero-order valence-electron chi connectivity index (χ0n) is 14.8. The number of aromatic nitrogens is 2. The van der Waals surface area contributed by atoms with E-state index in [2.05, 4.69) is 36.0 Å². The standard InChI is InChI=1S/C18H20BrFN4O3/c1-27-15(25)3-2-7-21-18(26)24-8-6-14-16(23-10-22-14)17(24)12-5-4-11(19)9-13(12)20/h4-5,9-10,17H,2-3,6-8H2,1H3,(H,21,26)(H,22,23). The first kappa shape index (κ1) is 19.3. The largest absolute Gasteiger partial charge is 0.469 e. The molecule has 0 radical (unpaired) electrons. The summed E-state index contributed by atoms with van der Waals surface area (Å²) in [5, 5.41) is 2.79. The maximum atomic E-state index is 14.6. The molecule has 1 aliphatic heterocycles. The minimum absolute atomic E-state index is 0.227. The van der Waals surface area contributed by atoms with Crippen LogP contribution in [0.25, 0.3) is 0 Å². The third-order valence-corrected chi connectivity index (χ3v) is 5.00. The first-order valence-corrected chi connectivity index (χ1v) is 9.39. The van der Waals surface area contributed by atoms with Crippen molar-refractivity contribution in [1.29, 1.82) is 0 Å². The quantitative estimate of drug-likeness (QED) is 0.554. The average molecular weight is 439 g/mol. The zero-order valence-corrected chi connectivity index (χ0v) is 16.4. The molecule has 0 saturated carbocycles. The van der Waals surface area contributed by atoms with E-state index in [1.165, 1.54) is 13.2 Å². The Morgan fingerprint density at radius 3 is 3.04 bits per heavy atom. The van der Waals surface area contributed by atoms with Crippen LogP contribution in [0.3, 0.4) is 0 Å². The van der Waals surface area contributed by atoms with Crippen LogP contribution in [0.4, 0.5) is 9.18 Å². The lowest BCUT2D eigenvalue weighted by Crippen LogP contribution is -2.46. The molecule has 0 bridgehead atoms. The predicted molar refractivity (Wildman–Crippen MR) is 99.6 cm³/mol. The van der Waals surface area contributed by atoms with Crippen LogP contribution in [0.15, 0.2) is 29.0 Å². The van der Waals surface area contributed by atoms with E-state index in [-0.39, 0.29) is 18.4 Å². The van der Waals surface area contributed by atoms with Crippen LogP contribution >= 0.6 is 15.9 Å². The van der Waals surface area contributed by atoms with Crippen LogP contribution in [-0.2, 0) is 16.0 Å². The summed E-state index contributed by atoms with van der Waals surface area (Å²) < 4.78 is 19.8. The second-order valence-electron chi connectivity index (χ2n) is 6.19. The second-order valence-corrected chi connectivity index (χ2v) is 7.11. The molecule has 1 aromatic heterocycles. The number of halogens is 2. The number of amides is 2. The summed E-state index contributed by atoms with van der Waals surface area (Å²) in [5.74, 6) is -0.730. The van der Waals surface area contributed by atoms with Gasteiger partial charge < -0.3 is 19.9 Å². The number of hydrogen-bond acceptors (Lipinski definition) is 4. The maximum absolute atomic E-state index is 14.6. The molecule has 0 fully saturated rings. The Kier molecular flexibility index (Phi) is 6.10. The average Bonchev–Trinajstić information content (AvgIpc) is 3.13. The van der Waals surface area contributed by atoms with E-state index in [0.717, 1.165) is 5.69 Å². The number of nitrogens with zero attached hydrogens (tertiary/aromatic N) is 2. The van der Waals surface area contributed by atoms with Crippen molar-refractivity contribution < 1.29 is 18.7 Å². The van der Waals surface area contributed by atoms with Crippen molar-refractivity contribution in [3.05, 3.63) is 51.8 Å². The highest BCUT2D eigenvalue weighted by Gasteiger charge is 2.35. The highest BCUT2D eigenvalue weighted by Crippen LogP contribution is 2.35. The van der Waals surface area contributed by atoms with Crippen molar-refractivity contribution in [1.82, 2.24) is 20.2 Å². The monoisotopic (exact) mass is 438 g/mol. The molecule has 0 saturated heterocycles. The van der Waals surface area contributed by atoms with Crippen molar-refractivity contribution in [2.45, 2.75) is 25.3 Å². The molecule has 2 amide bonds. The molecular formula is C18H20BrFN4O3. The van der Waals surface area contributed by atoms with Gasteiger partial charge in [0.15, 0.2) is 0 Å². The van der Waals surface area contributed by atoms with Gasteiger partial charge in [-0.25, -0.2) is 14.2 Å². The lowest BCUT2D eigenvalue weighted by Gasteiger charge is -2.35. The Morgan fingerprint density at radius 1 is 1.48 bits per heavy atom. The number of ether oxygens (including phenoxy) is 1. The Hall–Kier alpha value is -2.42. The van der Waals surface area contributed by atoms with Crippen molar-refractivity contribution in [3.63, 3.8) is 0 Å². The number of carbonyl (C=O) groups is 2. The molecule has 7 nitrogen and oxygen atoms in total. The highest BCUT2D eigenvalue weighted by atomic mass is 79.9. The molecule has 2 aromatic rings. The van der Waals surface area contributed by atoms with Crippen molar-refractivity contribution >= 4 is 27.9 Å². The molecule has 0 spiro atoms. The van der Waals surface area contributed by atoms with Gasteiger partial charge in [0.25, 0.3) is 0 Å². The van der Waals surface area contributed by atoms with Gasteiger partial charge in [-0.2, -0.15) is 0 Å². The minimum atomic E-state index is -0.617. The van der Waals surface area contributed by atoms with Gasteiger partial charge in [-0.15, -0.1) is 0 Å². The van der Waals surface area contributed by atoms with E-state index in [0.29, 0.717) is 41.7 Å². The van der Waals surface area contributed by atoms with Crippen LogP contribution in [0.2, 0.25) is 0 Å². The molecule has 1 atom stereocenters. The topological polar surface area (TPSA) is 87.3 Å². The molecule has 27 heavy (non-hydrogen) atoms. The molecule has 144 valence electrons. The van der Waals surface area contributed by atoms with Gasteiger partial charge in [-0.1, -0.05) is 22.0 Å². The normalized spacial score (nSPS) is 16.0. The Labute approximate surface area is 164 Å². The number of methoxy groups -OCH3 is 1. The molecule has 2 N–H and O–H groups in total. The Bertz CT molecular complexity index is 842. The van der Waals surface area contributed by atoms with Crippen molar-refractivity contribution in [2.75, 3.05) is 20.2 Å². The number of H-pyrrole nitrogens is 1. The first-order valence-electron chi connectivity index (χ1n) is 8.59. The van der Waals surface area contributed by atoms with Crippen LogP contribution in [-0.4, -0.2) is 47.1 Å². The molecular weight excluding hydrogens is 419 g/mol. The fourth-order valence-corrected chi connectivity index (χ4v) is 3.50. The number of benzene rings is 1. The van der Waals surface area contributed by atoms with E-state index < -0.39 is 11.9 Å². The molecule has 2 heterocycles. The minimum Gasteiger partial charge on any atom is -0.469 e. The predicted octanol–water partition coefficient (Wildman–Crippen LogP) is 2.92. The third-order valence-electron chi connectivity index (χ3n) is 4.50. The van der Waals surface area contributed by atoms with Crippen molar-refractivity contribution in [2.24, 2.45) is 0 Å². The molecule has 9 heteroatoms. The SMILES string of the molecule is COC(=O)CCCNC(=O)N1CCc2[nH]cnc2C1c1ccc(Br)cc1F. The van der Waals surface area contributed by atoms with Crippen LogP contribution in [0.1, 0.15) is 35.8 Å². The van der Waals surface area contributed by atoms with Crippen molar-refractivity contribution in [3.8, 4) is 0 Å². The summed E-state index contributed by atoms with van der Waals surface area (Å²) in [7, 11) is 1.33. The summed E-state index contributed by atoms with van der Waals surface area (Å²) in [6.45, 7) is 0.756. The summed E-state index contributed by atoms with van der Waals surface area (Å²) in [6, 6.07) is 3.84. The molecule has 1 aromatic carbocycles. The van der Waals surface area contributed by atoms with Gasteiger partial charge in [0, 0.05) is 41.7 Å². The maximum Gasteiger partial charge on any atom is 0.318 e. The fourth-order valence-electron chi connectivity index (χ4n) is 3.17. The van der Waals surface area contributed by atoms with Crippen LogP contribution in [0.5, 0.6) is 0 Å². The van der Waals surface area contributed by atoms with Gasteiger partial charge in [0.2, 0.25) is 0 Å². The number of aromatic amines is 1.